The van der Waals surface area contributed by atoms with E-state index < -0.39 is 11.6 Å². The summed E-state index contributed by atoms with van der Waals surface area (Å²) in [4.78, 5) is 14.5. The number of hydrogen-bond acceptors (Lipinski definition) is 2. The molecular weight excluding hydrogens is 300 g/mol. The molecule has 0 spiro atoms. The number of nitrogens with one attached hydrogen (secondary N) is 1. The number of halogens is 2. The number of amides is 1. The largest absolute Gasteiger partial charge is 0.347 e. The SMILES string of the molecule is Cc1cc(C(=O)Nc2ccc(F)c(F)c2)c(C)n1CCN(C)C. The maximum atomic E-state index is 13.2. The van der Waals surface area contributed by atoms with Crippen molar-refractivity contribution in [1.29, 1.82) is 0 Å². The predicted molar refractivity (Wildman–Crippen MR) is 86.8 cm³/mol. The highest BCUT2D eigenvalue weighted by molar-refractivity contribution is 6.05. The molecule has 1 heterocycles. The van der Waals surface area contributed by atoms with Crippen molar-refractivity contribution in [2.75, 3.05) is 26.0 Å². The maximum Gasteiger partial charge on any atom is 0.257 e. The van der Waals surface area contributed by atoms with Crippen molar-refractivity contribution < 1.29 is 13.6 Å². The number of carbonyl (C=O) groups excluding carboxylic acids is 1. The van der Waals surface area contributed by atoms with Gasteiger partial charge in [0.2, 0.25) is 0 Å². The number of hydrogen-bond donors (Lipinski definition) is 1. The first kappa shape index (κ1) is 17.1. The van der Waals surface area contributed by atoms with Gasteiger partial charge in [0.1, 0.15) is 0 Å². The smallest absolute Gasteiger partial charge is 0.257 e. The molecule has 0 bridgehead atoms. The molecule has 4 nitrogen and oxygen atoms in total. The molecule has 1 aromatic carbocycles. The van der Waals surface area contributed by atoms with Crippen LogP contribution in [0.2, 0.25) is 0 Å². The van der Waals surface area contributed by atoms with Gasteiger partial charge < -0.3 is 14.8 Å². The topological polar surface area (TPSA) is 37.3 Å². The van der Waals surface area contributed by atoms with E-state index in [2.05, 4.69) is 14.8 Å². The van der Waals surface area contributed by atoms with Gasteiger partial charge in [-0.05, 0) is 46.1 Å². The fraction of sp³-hybridized carbons (Fsp3) is 0.353. The monoisotopic (exact) mass is 321 g/mol. The standard InChI is InChI=1S/C17H21F2N3O/c1-11-9-14(12(2)22(11)8-7-21(3)4)17(23)20-13-5-6-15(18)16(19)10-13/h5-6,9-10H,7-8H2,1-4H3,(H,20,23). The lowest BCUT2D eigenvalue weighted by molar-refractivity contribution is 0.102. The fourth-order valence-electron chi connectivity index (χ4n) is 2.45. The van der Waals surface area contributed by atoms with E-state index >= 15 is 0 Å². The van der Waals surface area contributed by atoms with E-state index in [1.165, 1.54) is 6.07 Å². The Hall–Kier alpha value is -2.21. The van der Waals surface area contributed by atoms with Crippen LogP contribution in [-0.2, 0) is 6.54 Å². The molecule has 0 aliphatic heterocycles. The van der Waals surface area contributed by atoms with Crippen LogP contribution in [0.1, 0.15) is 21.7 Å². The third-order valence-electron chi connectivity index (χ3n) is 3.77. The summed E-state index contributed by atoms with van der Waals surface area (Å²) >= 11 is 0. The minimum atomic E-state index is -0.987. The maximum absolute atomic E-state index is 13.2. The number of nitrogens with zero attached hydrogens (tertiary/aromatic N) is 2. The molecule has 0 atom stereocenters. The van der Waals surface area contributed by atoms with Gasteiger partial charge in [-0.3, -0.25) is 4.79 Å². The van der Waals surface area contributed by atoms with Crippen molar-refractivity contribution >= 4 is 11.6 Å². The quantitative estimate of drug-likeness (QED) is 0.918. The second kappa shape index (κ2) is 6.91. The number of carbonyl (C=O) groups is 1. The molecule has 23 heavy (non-hydrogen) atoms. The number of anilines is 1. The van der Waals surface area contributed by atoms with Gasteiger partial charge in [0.25, 0.3) is 5.91 Å². The summed E-state index contributed by atoms with van der Waals surface area (Å²) in [7, 11) is 3.98. The average molecular weight is 321 g/mol. The van der Waals surface area contributed by atoms with Crippen molar-refractivity contribution in [1.82, 2.24) is 9.47 Å². The molecule has 1 amide bonds. The molecular formula is C17H21F2N3O. The van der Waals surface area contributed by atoms with E-state index in [4.69, 9.17) is 0 Å². The Labute approximate surface area is 134 Å². The van der Waals surface area contributed by atoms with Gasteiger partial charge in [-0.2, -0.15) is 0 Å². The lowest BCUT2D eigenvalue weighted by atomic mass is 10.2. The molecule has 0 saturated heterocycles. The van der Waals surface area contributed by atoms with Gasteiger partial charge in [-0.25, -0.2) is 8.78 Å². The average Bonchev–Trinajstić information content (AvgIpc) is 2.76. The lowest BCUT2D eigenvalue weighted by Gasteiger charge is -2.14. The summed E-state index contributed by atoms with van der Waals surface area (Å²) in [6.07, 6.45) is 0. The third kappa shape index (κ3) is 3.96. The lowest BCUT2D eigenvalue weighted by Crippen LogP contribution is -2.20. The summed E-state index contributed by atoms with van der Waals surface area (Å²) in [5.74, 6) is -2.26. The fourth-order valence-corrected chi connectivity index (χ4v) is 2.45. The summed E-state index contributed by atoms with van der Waals surface area (Å²) in [6.45, 7) is 5.46. The Morgan fingerprint density at radius 1 is 1.17 bits per heavy atom. The molecule has 124 valence electrons. The first-order chi connectivity index (χ1) is 10.8. The Morgan fingerprint density at radius 3 is 2.48 bits per heavy atom. The number of likely N-dealkylation sites (N-methyl/N-ethyl adjacent to an activating group) is 1. The number of aromatic nitrogens is 1. The van der Waals surface area contributed by atoms with E-state index in [0.29, 0.717) is 5.56 Å². The van der Waals surface area contributed by atoms with Gasteiger partial charge in [0.15, 0.2) is 11.6 Å². The zero-order valence-electron chi connectivity index (χ0n) is 13.8. The van der Waals surface area contributed by atoms with Crippen molar-refractivity contribution in [3.8, 4) is 0 Å². The van der Waals surface area contributed by atoms with E-state index in [9.17, 15) is 13.6 Å². The normalized spacial score (nSPS) is 11.1. The molecule has 0 saturated carbocycles. The van der Waals surface area contributed by atoms with Crippen LogP contribution in [0.15, 0.2) is 24.3 Å². The number of aryl methyl sites for hydroxylation is 1. The van der Waals surface area contributed by atoms with Crippen LogP contribution < -0.4 is 5.32 Å². The zero-order chi connectivity index (χ0) is 17.1. The highest BCUT2D eigenvalue weighted by Gasteiger charge is 2.16. The van der Waals surface area contributed by atoms with Crippen LogP contribution in [0, 0.1) is 25.5 Å². The van der Waals surface area contributed by atoms with Crippen LogP contribution in [0.3, 0.4) is 0 Å². The van der Waals surface area contributed by atoms with Crippen molar-refractivity contribution in [2.24, 2.45) is 0 Å². The summed E-state index contributed by atoms with van der Waals surface area (Å²) in [5, 5.41) is 2.60. The van der Waals surface area contributed by atoms with E-state index in [1.54, 1.807) is 6.07 Å². The molecule has 1 aromatic heterocycles. The molecule has 0 radical (unpaired) electrons. The molecule has 0 aliphatic carbocycles. The molecule has 0 unspecified atom stereocenters. The van der Waals surface area contributed by atoms with Crippen LogP contribution in [0.4, 0.5) is 14.5 Å². The second-order valence-electron chi connectivity index (χ2n) is 5.82. The van der Waals surface area contributed by atoms with Crippen LogP contribution in [0.25, 0.3) is 0 Å². The number of benzene rings is 1. The Bertz CT molecular complexity index is 723. The first-order valence-corrected chi connectivity index (χ1v) is 7.37. The van der Waals surface area contributed by atoms with Crippen LogP contribution in [0.5, 0.6) is 0 Å². The first-order valence-electron chi connectivity index (χ1n) is 7.37. The second-order valence-corrected chi connectivity index (χ2v) is 5.82. The predicted octanol–water partition coefficient (Wildman–Crippen LogP) is 3.20. The van der Waals surface area contributed by atoms with E-state index in [1.807, 2.05) is 27.9 Å². The van der Waals surface area contributed by atoms with Gasteiger partial charge in [-0.1, -0.05) is 0 Å². The summed E-state index contributed by atoms with van der Waals surface area (Å²) in [6, 6.07) is 5.10. The van der Waals surface area contributed by atoms with Crippen molar-refractivity contribution in [3.05, 3.63) is 52.9 Å². The molecule has 1 N–H and O–H groups in total. The molecule has 0 fully saturated rings. The highest BCUT2D eigenvalue weighted by Crippen LogP contribution is 2.18. The van der Waals surface area contributed by atoms with E-state index in [0.717, 1.165) is 36.6 Å². The Kier molecular flexibility index (Phi) is 5.15. The van der Waals surface area contributed by atoms with E-state index in [-0.39, 0.29) is 11.6 Å². The van der Waals surface area contributed by atoms with Gasteiger partial charge in [-0.15, -0.1) is 0 Å². The molecule has 2 aromatic rings. The third-order valence-corrected chi connectivity index (χ3v) is 3.77. The minimum absolute atomic E-state index is 0.229. The Balaban J connectivity index is 2.19. The molecule has 6 heteroatoms. The van der Waals surface area contributed by atoms with Gasteiger partial charge in [0, 0.05) is 36.2 Å². The summed E-state index contributed by atoms with van der Waals surface area (Å²) in [5.41, 5.74) is 2.60. The highest BCUT2D eigenvalue weighted by atomic mass is 19.2. The summed E-state index contributed by atoms with van der Waals surface area (Å²) < 4.78 is 28.2. The molecule has 0 aliphatic rings. The minimum Gasteiger partial charge on any atom is -0.347 e. The van der Waals surface area contributed by atoms with Gasteiger partial charge in [0.05, 0.1) is 5.56 Å². The molecule has 2 rings (SSSR count). The number of rotatable bonds is 5. The van der Waals surface area contributed by atoms with Gasteiger partial charge >= 0.3 is 0 Å². The zero-order valence-corrected chi connectivity index (χ0v) is 13.8. The van der Waals surface area contributed by atoms with Crippen LogP contribution in [-0.4, -0.2) is 36.0 Å². The van der Waals surface area contributed by atoms with Crippen molar-refractivity contribution in [3.63, 3.8) is 0 Å². The van der Waals surface area contributed by atoms with Crippen molar-refractivity contribution in [2.45, 2.75) is 20.4 Å². The Morgan fingerprint density at radius 2 is 1.87 bits per heavy atom. The van der Waals surface area contributed by atoms with Crippen LogP contribution >= 0.6 is 0 Å².